The molecule has 0 aliphatic carbocycles. The van der Waals surface area contributed by atoms with Crippen LogP contribution in [0.3, 0.4) is 0 Å². The number of carboxylic acids is 1. The van der Waals surface area contributed by atoms with E-state index in [0.717, 1.165) is 40.1 Å². The Morgan fingerprint density at radius 2 is 1.92 bits per heavy atom. The lowest BCUT2D eigenvalue weighted by molar-refractivity contribution is -0.137. The van der Waals surface area contributed by atoms with Crippen LogP contribution >= 0.6 is 23.2 Å². The molecule has 3 aromatic rings. The zero-order valence-corrected chi connectivity index (χ0v) is 22.4. The van der Waals surface area contributed by atoms with Crippen molar-refractivity contribution in [3.63, 3.8) is 0 Å². The number of ether oxygens (including phenoxy) is 1. The van der Waals surface area contributed by atoms with Crippen LogP contribution in [0.4, 0.5) is 0 Å². The molecule has 0 atom stereocenters. The average molecular weight is 527 g/mol. The number of rotatable bonds is 10. The summed E-state index contributed by atoms with van der Waals surface area (Å²) in [5.41, 5.74) is 4.60. The third-order valence-electron chi connectivity index (χ3n) is 5.29. The number of aliphatic carboxylic acids is 1. The van der Waals surface area contributed by atoms with E-state index in [9.17, 15) is 4.79 Å². The summed E-state index contributed by atoms with van der Waals surface area (Å²) >= 11 is 10.3. The molecule has 1 heterocycles. The van der Waals surface area contributed by atoms with Crippen LogP contribution < -0.4 is 4.74 Å². The first-order valence-electron chi connectivity index (χ1n) is 11.7. The molecule has 1 aromatic heterocycles. The molecule has 0 spiro atoms. The number of allylic oxidation sites excluding steroid dienone is 4. The van der Waals surface area contributed by atoms with Gasteiger partial charge in [0.15, 0.2) is 0 Å². The Labute approximate surface area is 223 Å². The number of aryl methyl sites for hydroxylation is 1. The number of hydrogen-bond acceptors (Lipinski definition) is 3. The molecule has 0 unspecified atom stereocenters. The summed E-state index contributed by atoms with van der Waals surface area (Å²) < 4.78 is 7.81. The van der Waals surface area contributed by atoms with Crippen molar-refractivity contribution in [2.24, 2.45) is 0 Å². The number of aromatic nitrogens is 2. The molecule has 0 radical (unpaired) electrons. The van der Waals surface area contributed by atoms with Crippen molar-refractivity contribution in [3.8, 4) is 5.75 Å². The van der Waals surface area contributed by atoms with E-state index < -0.39 is 5.97 Å². The molecule has 0 aliphatic rings. The van der Waals surface area contributed by atoms with E-state index in [1.807, 2.05) is 25.1 Å². The number of halogens is 2. The summed E-state index contributed by atoms with van der Waals surface area (Å²) in [5.74, 6) is 0.902. The molecule has 190 valence electrons. The Kier molecular flexibility index (Phi) is 12.0. The lowest BCUT2D eigenvalue weighted by Gasteiger charge is -2.07. The molecule has 0 amide bonds. The van der Waals surface area contributed by atoms with Crippen molar-refractivity contribution in [2.45, 2.75) is 40.2 Å². The van der Waals surface area contributed by atoms with Crippen LogP contribution in [0.15, 0.2) is 71.9 Å². The first-order chi connectivity index (χ1) is 17.3. The van der Waals surface area contributed by atoms with Crippen LogP contribution in [-0.2, 0) is 11.3 Å². The van der Waals surface area contributed by atoms with Crippen molar-refractivity contribution < 1.29 is 14.6 Å². The fourth-order valence-electron chi connectivity index (χ4n) is 3.24. The van der Waals surface area contributed by atoms with Crippen LogP contribution in [0.2, 0.25) is 0 Å². The van der Waals surface area contributed by atoms with E-state index in [1.54, 1.807) is 0 Å². The molecule has 0 saturated heterocycles. The molecular weight excluding hydrogens is 495 g/mol. The maximum atomic E-state index is 10.6. The van der Waals surface area contributed by atoms with E-state index in [2.05, 4.69) is 67.6 Å². The number of nitrogens with zero attached hydrogens (tertiary/aromatic N) is 2. The predicted molar refractivity (Wildman–Crippen MR) is 152 cm³/mol. The van der Waals surface area contributed by atoms with Crippen LogP contribution in [0.25, 0.3) is 28.5 Å². The molecule has 2 aromatic carbocycles. The zero-order chi connectivity index (χ0) is 26.5. The van der Waals surface area contributed by atoms with Crippen LogP contribution in [0.5, 0.6) is 5.75 Å². The highest BCUT2D eigenvalue weighted by molar-refractivity contribution is 6.32. The number of benzene rings is 2. The second-order valence-electron chi connectivity index (χ2n) is 7.93. The monoisotopic (exact) mass is 526 g/mol. The van der Waals surface area contributed by atoms with E-state index in [4.69, 9.17) is 38.0 Å². The number of imidazole rings is 1. The summed E-state index contributed by atoms with van der Waals surface area (Å²) in [6, 6.07) is 12.2. The highest BCUT2D eigenvalue weighted by Gasteiger charge is 2.06. The zero-order valence-electron chi connectivity index (χ0n) is 20.9. The van der Waals surface area contributed by atoms with Crippen molar-refractivity contribution in [3.05, 3.63) is 89.0 Å². The van der Waals surface area contributed by atoms with Gasteiger partial charge in [-0.3, -0.25) is 4.79 Å². The summed E-state index contributed by atoms with van der Waals surface area (Å²) in [4.78, 5) is 15.3. The number of carboxylic acid groups (broad SMARTS) is 1. The quantitative estimate of drug-likeness (QED) is 0.212. The summed E-state index contributed by atoms with van der Waals surface area (Å²) in [5, 5.41) is 11.4. The normalized spacial score (nSPS) is 11.6. The van der Waals surface area contributed by atoms with Crippen LogP contribution in [0, 0.1) is 0 Å². The molecule has 0 saturated carbocycles. The first kappa shape index (κ1) is 29.0. The number of fused-ring (bicyclic) bond motifs is 1. The van der Waals surface area contributed by atoms with Gasteiger partial charge < -0.3 is 14.4 Å². The standard InChI is InChI=1S/C25H28N2O3.C4H4Cl2/c1-4-18(3)23-17-27(5-2)24(26-23)13-9-19-8-10-21-16-22(12-11-20(21)15-19)30-14-6-7-25(28)29;1-4(6)2-3-5/h4,8-13,15-17H,5-7,14H2,1-3H3,(H,28,29);2-3H,1H2/b13-9+,18-4+;3-2+. The van der Waals surface area contributed by atoms with Gasteiger partial charge >= 0.3 is 5.97 Å². The largest absolute Gasteiger partial charge is 0.494 e. The molecule has 3 rings (SSSR count). The minimum atomic E-state index is -0.799. The van der Waals surface area contributed by atoms with Crippen molar-refractivity contribution >= 4 is 57.7 Å². The van der Waals surface area contributed by atoms with Gasteiger partial charge in [0.05, 0.1) is 12.3 Å². The maximum absolute atomic E-state index is 10.6. The highest BCUT2D eigenvalue weighted by atomic mass is 35.5. The molecule has 7 heteroatoms. The third-order valence-corrected chi connectivity index (χ3v) is 5.55. The Bertz CT molecular complexity index is 1270. The summed E-state index contributed by atoms with van der Waals surface area (Å²) in [6.45, 7) is 10.8. The first-order valence-corrected chi connectivity index (χ1v) is 12.5. The van der Waals surface area contributed by atoms with E-state index in [0.29, 0.717) is 18.1 Å². The van der Waals surface area contributed by atoms with Crippen LogP contribution in [0.1, 0.15) is 50.7 Å². The van der Waals surface area contributed by atoms with E-state index in [1.165, 1.54) is 17.2 Å². The molecule has 0 bridgehead atoms. The lowest BCUT2D eigenvalue weighted by Crippen LogP contribution is -2.01. The van der Waals surface area contributed by atoms with E-state index in [-0.39, 0.29) is 6.42 Å². The fraction of sp³-hybridized carbons (Fsp3) is 0.241. The Balaban J connectivity index is 0.000000678. The smallest absolute Gasteiger partial charge is 0.303 e. The Hall–Kier alpha value is -3.28. The Morgan fingerprint density at radius 1 is 1.19 bits per heavy atom. The molecule has 5 nitrogen and oxygen atoms in total. The molecule has 1 N–H and O–H groups in total. The van der Waals surface area contributed by atoms with Crippen molar-refractivity contribution in [1.29, 1.82) is 0 Å². The SMILES string of the molecule is C/C=C(\C)c1cn(CC)c(/C=C/c2ccc3cc(OCCCC(=O)O)ccc3c2)n1.C=C(Cl)/C=C/Cl. The van der Waals surface area contributed by atoms with Gasteiger partial charge in [0.1, 0.15) is 11.6 Å². The second-order valence-corrected chi connectivity index (χ2v) is 8.67. The predicted octanol–water partition coefficient (Wildman–Crippen LogP) is 8.38. The lowest BCUT2D eigenvalue weighted by atomic mass is 10.1. The van der Waals surface area contributed by atoms with E-state index >= 15 is 0 Å². The highest BCUT2D eigenvalue weighted by Crippen LogP contribution is 2.23. The summed E-state index contributed by atoms with van der Waals surface area (Å²) in [6.07, 6.45) is 10.4. The van der Waals surface area contributed by atoms with Gasteiger partial charge in [-0.05, 0) is 79.5 Å². The second kappa shape index (κ2) is 15.0. The fourth-order valence-corrected chi connectivity index (χ4v) is 3.52. The molecule has 0 fully saturated rings. The van der Waals surface area contributed by atoms with Gasteiger partial charge in [-0.25, -0.2) is 4.98 Å². The van der Waals surface area contributed by atoms with Gasteiger partial charge in [0, 0.05) is 29.7 Å². The molecular formula is C29H32Cl2N2O3. The van der Waals surface area contributed by atoms with Crippen LogP contribution in [-0.4, -0.2) is 27.2 Å². The van der Waals surface area contributed by atoms with Gasteiger partial charge in [-0.2, -0.15) is 0 Å². The van der Waals surface area contributed by atoms with Gasteiger partial charge in [-0.15, -0.1) is 0 Å². The Morgan fingerprint density at radius 3 is 2.53 bits per heavy atom. The summed E-state index contributed by atoms with van der Waals surface area (Å²) in [7, 11) is 0. The molecule has 0 aliphatic heterocycles. The average Bonchev–Trinajstić information content (AvgIpc) is 3.28. The third kappa shape index (κ3) is 9.40. The van der Waals surface area contributed by atoms with Gasteiger partial charge in [0.2, 0.25) is 0 Å². The minimum absolute atomic E-state index is 0.120. The number of hydrogen-bond donors (Lipinski definition) is 1. The molecule has 36 heavy (non-hydrogen) atoms. The minimum Gasteiger partial charge on any atom is -0.494 e. The maximum Gasteiger partial charge on any atom is 0.303 e. The van der Waals surface area contributed by atoms with Crippen molar-refractivity contribution in [2.75, 3.05) is 6.61 Å². The van der Waals surface area contributed by atoms with Crippen molar-refractivity contribution in [1.82, 2.24) is 9.55 Å². The number of carbonyl (C=O) groups is 1. The van der Waals surface area contributed by atoms with Gasteiger partial charge in [-0.1, -0.05) is 60.1 Å². The topological polar surface area (TPSA) is 64.3 Å². The van der Waals surface area contributed by atoms with Gasteiger partial charge in [0.25, 0.3) is 0 Å².